The molecule has 1 saturated carbocycles. The van der Waals surface area contributed by atoms with Crippen LogP contribution in [0.1, 0.15) is 47.0 Å². The van der Waals surface area contributed by atoms with Crippen molar-refractivity contribution in [2.45, 2.75) is 53.0 Å². The standard InChI is InChI=1S/C15H22ClN3O2/c1-14(2)7-10(8-15(3,4)9-14)17-13-11(19(20)21)5-6-12(16)18-13/h5-6,10H,7-9H2,1-4H3,(H,17,18). The van der Waals surface area contributed by atoms with Gasteiger partial charge in [0.25, 0.3) is 0 Å². The molecular formula is C15H22ClN3O2. The fraction of sp³-hybridized carbons (Fsp3) is 0.667. The highest BCUT2D eigenvalue weighted by Gasteiger charge is 2.39. The molecule has 2 rings (SSSR count). The van der Waals surface area contributed by atoms with Gasteiger partial charge in [-0.25, -0.2) is 4.98 Å². The van der Waals surface area contributed by atoms with Gasteiger partial charge >= 0.3 is 5.69 Å². The second-order valence-corrected chi connectivity index (χ2v) is 7.90. The second kappa shape index (κ2) is 5.44. The third kappa shape index (κ3) is 4.06. The lowest BCUT2D eigenvalue weighted by Gasteiger charge is -2.45. The molecular weight excluding hydrogens is 290 g/mol. The van der Waals surface area contributed by atoms with Gasteiger partial charge < -0.3 is 5.32 Å². The lowest BCUT2D eigenvalue weighted by molar-refractivity contribution is -0.384. The first-order valence-corrected chi connectivity index (χ1v) is 7.53. The SMILES string of the molecule is CC1(C)CC(Nc2nc(Cl)ccc2[N+](=O)[O-])CC(C)(C)C1. The topological polar surface area (TPSA) is 68.1 Å². The molecule has 0 amide bonds. The summed E-state index contributed by atoms with van der Waals surface area (Å²) in [6.45, 7) is 8.95. The number of rotatable bonds is 3. The molecule has 1 aromatic rings. The number of aromatic nitrogens is 1. The van der Waals surface area contributed by atoms with Crippen molar-refractivity contribution in [3.63, 3.8) is 0 Å². The van der Waals surface area contributed by atoms with Crippen LogP contribution in [-0.2, 0) is 0 Å². The number of hydrogen-bond acceptors (Lipinski definition) is 4. The summed E-state index contributed by atoms with van der Waals surface area (Å²) in [4.78, 5) is 14.8. The van der Waals surface area contributed by atoms with Crippen LogP contribution in [0.15, 0.2) is 12.1 Å². The Balaban J connectivity index is 2.25. The van der Waals surface area contributed by atoms with E-state index in [1.165, 1.54) is 12.1 Å². The number of anilines is 1. The molecule has 0 saturated heterocycles. The van der Waals surface area contributed by atoms with Gasteiger partial charge in [0.1, 0.15) is 5.15 Å². The smallest absolute Gasteiger partial charge is 0.311 e. The van der Waals surface area contributed by atoms with E-state index in [-0.39, 0.29) is 33.5 Å². The van der Waals surface area contributed by atoms with Gasteiger partial charge in [-0.3, -0.25) is 10.1 Å². The van der Waals surface area contributed by atoms with Crippen molar-refractivity contribution >= 4 is 23.1 Å². The van der Waals surface area contributed by atoms with E-state index >= 15 is 0 Å². The van der Waals surface area contributed by atoms with E-state index in [2.05, 4.69) is 38.0 Å². The molecule has 0 bridgehead atoms. The fourth-order valence-electron chi connectivity index (χ4n) is 3.82. The van der Waals surface area contributed by atoms with Gasteiger partial charge in [-0.05, 0) is 36.2 Å². The second-order valence-electron chi connectivity index (χ2n) is 7.51. The number of hydrogen-bond donors (Lipinski definition) is 1. The lowest BCUT2D eigenvalue weighted by Crippen LogP contribution is -2.40. The molecule has 5 nitrogen and oxygen atoms in total. The van der Waals surface area contributed by atoms with Gasteiger partial charge in [-0.1, -0.05) is 39.3 Å². The molecule has 0 spiro atoms. The van der Waals surface area contributed by atoms with E-state index in [4.69, 9.17) is 11.6 Å². The van der Waals surface area contributed by atoms with Gasteiger partial charge in [0, 0.05) is 12.1 Å². The molecule has 0 aromatic carbocycles. The van der Waals surface area contributed by atoms with Crippen LogP contribution < -0.4 is 5.32 Å². The van der Waals surface area contributed by atoms with E-state index in [9.17, 15) is 10.1 Å². The van der Waals surface area contributed by atoms with Crippen molar-refractivity contribution in [2.24, 2.45) is 10.8 Å². The van der Waals surface area contributed by atoms with Crippen LogP contribution in [0.25, 0.3) is 0 Å². The van der Waals surface area contributed by atoms with E-state index in [0.717, 1.165) is 19.3 Å². The first kappa shape index (κ1) is 16.0. The minimum absolute atomic E-state index is 0.0272. The van der Waals surface area contributed by atoms with Crippen molar-refractivity contribution in [1.29, 1.82) is 0 Å². The minimum atomic E-state index is -0.426. The van der Waals surface area contributed by atoms with Crippen molar-refractivity contribution < 1.29 is 4.92 Å². The molecule has 1 aliphatic carbocycles. The van der Waals surface area contributed by atoms with Gasteiger partial charge in [-0.2, -0.15) is 0 Å². The first-order valence-electron chi connectivity index (χ1n) is 7.16. The quantitative estimate of drug-likeness (QED) is 0.501. The Morgan fingerprint density at radius 2 is 1.86 bits per heavy atom. The summed E-state index contributed by atoms with van der Waals surface area (Å²) in [5.41, 5.74) is 0.375. The van der Waals surface area contributed by atoms with Gasteiger partial charge in [-0.15, -0.1) is 0 Å². The molecule has 1 aromatic heterocycles. The predicted molar refractivity (Wildman–Crippen MR) is 84.7 cm³/mol. The van der Waals surface area contributed by atoms with Crippen LogP contribution in [0.4, 0.5) is 11.5 Å². The third-order valence-corrected chi connectivity index (χ3v) is 4.14. The Morgan fingerprint density at radius 3 is 2.38 bits per heavy atom. The van der Waals surface area contributed by atoms with Gasteiger partial charge in [0.05, 0.1) is 4.92 Å². The number of nitrogens with zero attached hydrogens (tertiary/aromatic N) is 2. The zero-order chi connectivity index (χ0) is 15.8. The number of nitrogens with one attached hydrogen (secondary N) is 1. The zero-order valence-corrected chi connectivity index (χ0v) is 13.7. The molecule has 0 atom stereocenters. The largest absolute Gasteiger partial charge is 0.362 e. The van der Waals surface area contributed by atoms with E-state index in [0.29, 0.717) is 0 Å². The molecule has 21 heavy (non-hydrogen) atoms. The maximum absolute atomic E-state index is 11.1. The number of halogens is 1. The van der Waals surface area contributed by atoms with Crippen molar-refractivity contribution in [2.75, 3.05) is 5.32 Å². The molecule has 0 unspecified atom stereocenters. The number of nitro groups is 1. The lowest BCUT2D eigenvalue weighted by atomic mass is 9.63. The van der Waals surface area contributed by atoms with E-state index in [1.54, 1.807) is 0 Å². The monoisotopic (exact) mass is 311 g/mol. The Hall–Kier alpha value is -1.36. The van der Waals surface area contributed by atoms with E-state index in [1.807, 2.05) is 0 Å². The van der Waals surface area contributed by atoms with Crippen LogP contribution in [0, 0.1) is 20.9 Å². The van der Waals surface area contributed by atoms with Crippen LogP contribution >= 0.6 is 11.6 Å². The maximum Gasteiger partial charge on any atom is 0.311 e. The summed E-state index contributed by atoms with van der Waals surface area (Å²) in [6, 6.07) is 3.00. The Bertz CT molecular complexity index is 542. The summed E-state index contributed by atoms with van der Waals surface area (Å²) in [5.74, 6) is 0.269. The third-order valence-electron chi connectivity index (χ3n) is 3.93. The highest BCUT2D eigenvalue weighted by Crippen LogP contribution is 2.46. The summed E-state index contributed by atoms with van der Waals surface area (Å²) in [6.07, 6.45) is 3.06. The van der Waals surface area contributed by atoms with Crippen LogP contribution in [0.3, 0.4) is 0 Å². The Morgan fingerprint density at radius 1 is 1.29 bits per heavy atom. The van der Waals surface area contributed by atoms with Gasteiger partial charge in [0.2, 0.25) is 5.82 Å². The Kier molecular flexibility index (Phi) is 4.15. The summed E-state index contributed by atoms with van der Waals surface area (Å²) in [7, 11) is 0. The summed E-state index contributed by atoms with van der Waals surface area (Å²) >= 11 is 5.88. The highest BCUT2D eigenvalue weighted by atomic mass is 35.5. The van der Waals surface area contributed by atoms with Crippen molar-refractivity contribution in [1.82, 2.24) is 4.98 Å². The molecule has 1 heterocycles. The molecule has 116 valence electrons. The summed E-state index contributed by atoms with van der Waals surface area (Å²) < 4.78 is 0. The van der Waals surface area contributed by atoms with Crippen molar-refractivity contribution in [3.05, 3.63) is 27.4 Å². The maximum atomic E-state index is 11.1. The van der Waals surface area contributed by atoms with Crippen LogP contribution in [0.2, 0.25) is 5.15 Å². The normalized spacial score (nSPS) is 21.0. The molecule has 1 fully saturated rings. The number of pyridine rings is 1. The van der Waals surface area contributed by atoms with E-state index < -0.39 is 4.92 Å². The minimum Gasteiger partial charge on any atom is -0.362 e. The molecule has 1 N–H and O–H groups in total. The molecule has 1 aliphatic rings. The molecule has 6 heteroatoms. The molecule has 0 radical (unpaired) electrons. The fourth-order valence-corrected chi connectivity index (χ4v) is 3.97. The highest BCUT2D eigenvalue weighted by molar-refractivity contribution is 6.29. The average Bonchev–Trinajstić information content (AvgIpc) is 2.23. The Labute approximate surface area is 130 Å². The molecule has 0 aliphatic heterocycles. The van der Waals surface area contributed by atoms with Gasteiger partial charge in [0.15, 0.2) is 0 Å². The predicted octanol–water partition coefficient (Wildman–Crippen LogP) is 4.66. The van der Waals surface area contributed by atoms with Crippen molar-refractivity contribution in [3.8, 4) is 0 Å². The zero-order valence-electron chi connectivity index (χ0n) is 12.9. The summed E-state index contributed by atoms with van der Waals surface area (Å²) in [5, 5.41) is 14.6. The van der Waals surface area contributed by atoms with Crippen LogP contribution in [0.5, 0.6) is 0 Å². The average molecular weight is 312 g/mol. The first-order chi connectivity index (χ1) is 9.58. The van der Waals surface area contributed by atoms with Crippen LogP contribution in [-0.4, -0.2) is 15.9 Å².